The Balaban J connectivity index is 1.47. The van der Waals surface area contributed by atoms with E-state index in [4.69, 9.17) is 4.74 Å². The Hall–Kier alpha value is -1.86. The van der Waals surface area contributed by atoms with Crippen molar-refractivity contribution in [3.8, 4) is 0 Å². The van der Waals surface area contributed by atoms with Gasteiger partial charge in [0.1, 0.15) is 5.82 Å². The van der Waals surface area contributed by atoms with Gasteiger partial charge in [-0.05, 0) is 38.8 Å². The van der Waals surface area contributed by atoms with Gasteiger partial charge in [0, 0.05) is 24.5 Å². The van der Waals surface area contributed by atoms with Gasteiger partial charge in [0.25, 0.3) is 0 Å². The first-order valence-electron chi connectivity index (χ1n) is 9.18. The maximum atomic E-state index is 12.6. The van der Waals surface area contributed by atoms with Gasteiger partial charge < -0.3 is 15.0 Å². The second-order valence-electron chi connectivity index (χ2n) is 7.14. The SMILES string of the molecule is C[C@H]1CN(C(=O)CSc2nc(NC3CC3)c3ccccc3n2)C[C@H](C)O1. The van der Waals surface area contributed by atoms with Gasteiger partial charge in [0.15, 0.2) is 5.16 Å². The minimum absolute atomic E-state index is 0.0824. The van der Waals surface area contributed by atoms with E-state index < -0.39 is 0 Å². The summed E-state index contributed by atoms with van der Waals surface area (Å²) >= 11 is 1.41. The summed E-state index contributed by atoms with van der Waals surface area (Å²) in [5.74, 6) is 1.34. The number of anilines is 1. The molecule has 0 spiro atoms. The van der Waals surface area contributed by atoms with Gasteiger partial charge in [0.2, 0.25) is 5.91 Å². The molecular weight excluding hydrogens is 348 g/mol. The van der Waals surface area contributed by atoms with Crippen LogP contribution in [0.4, 0.5) is 5.82 Å². The third-order valence-electron chi connectivity index (χ3n) is 4.60. The Kier molecular flexibility index (Phi) is 5.00. The number of hydrogen-bond acceptors (Lipinski definition) is 6. The minimum atomic E-state index is 0.0824. The Labute approximate surface area is 157 Å². The number of thioether (sulfide) groups is 1. The molecule has 2 atom stereocenters. The van der Waals surface area contributed by atoms with E-state index in [9.17, 15) is 4.79 Å². The van der Waals surface area contributed by atoms with Crippen LogP contribution in [0.5, 0.6) is 0 Å². The van der Waals surface area contributed by atoms with Crippen molar-refractivity contribution in [3.63, 3.8) is 0 Å². The van der Waals surface area contributed by atoms with E-state index in [2.05, 4.69) is 15.3 Å². The van der Waals surface area contributed by atoms with Gasteiger partial charge in [-0.15, -0.1) is 0 Å². The van der Waals surface area contributed by atoms with E-state index >= 15 is 0 Å². The molecule has 0 unspecified atom stereocenters. The number of amides is 1. The predicted octanol–water partition coefficient (Wildman–Crippen LogP) is 2.93. The molecule has 1 aliphatic heterocycles. The van der Waals surface area contributed by atoms with Crippen LogP contribution in [-0.4, -0.2) is 57.9 Å². The highest BCUT2D eigenvalue weighted by Gasteiger charge is 2.26. The fourth-order valence-corrected chi connectivity index (χ4v) is 4.00. The predicted molar refractivity (Wildman–Crippen MR) is 103 cm³/mol. The molecule has 1 N–H and O–H groups in total. The van der Waals surface area contributed by atoms with Gasteiger partial charge in [-0.2, -0.15) is 0 Å². The van der Waals surface area contributed by atoms with E-state index in [0.717, 1.165) is 16.7 Å². The van der Waals surface area contributed by atoms with E-state index in [1.54, 1.807) is 0 Å². The average molecular weight is 372 g/mol. The van der Waals surface area contributed by atoms with Crippen LogP contribution in [0.25, 0.3) is 10.9 Å². The number of fused-ring (bicyclic) bond motifs is 1. The van der Waals surface area contributed by atoms with E-state index in [1.165, 1.54) is 24.6 Å². The van der Waals surface area contributed by atoms with Crippen LogP contribution in [-0.2, 0) is 9.53 Å². The maximum absolute atomic E-state index is 12.6. The summed E-state index contributed by atoms with van der Waals surface area (Å²) < 4.78 is 5.70. The summed E-state index contributed by atoms with van der Waals surface area (Å²) in [6.07, 6.45) is 2.54. The lowest BCUT2D eigenvalue weighted by Gasteiger charge is -2.35. The number of nitrogens with zero attached hydrogens (tertiary/aromatic N) is 3. The fraction of sp³-hybridized carbons (Fsp3) is 0.526. The van der Waals surface area contributed by atoms with Crippen LogP contribution >= 0.6 is 11.8 Å². The Morgan fingerprint density at radius 3 is 2.69 bits per heavy atom. The first kappa shape index (κ1) is 17.5. The van der Waals surface area contributed by atoms with Gasteiger partial charge >= 0.3 is 0 Å². The number of carbonyl (C=O) groups is 1. The van der Waals surface area contributed by atoms with E-state index in [0.29, 0.717) is 30.0 Å². The highest BCUT2D eigenvalue weighted by atomic mass is 32.2. The Morgan fingerprint density at radius 1 is 1.23 bits per heavy atom. The molecule has 1 aromatic heterocycles. The quantitative estimate of drug-likeness (QED) is 0.643. The molecule has 1 saturated carbocycles. The van der Waals surface area contributed by atoms with Crippen molar-refractivity contribution in [2.45, 2.75) is 50.1 Å². The summed E-state index contributed by atoms with van der Waals surface area (Å²) in [6.45, 7) is 5.31. The number of aromatic nitrogens is 2. The average Bonchev–Trinajstić information content (AvgIpc) is 3.43. The molecule has 0 radical (unpaired) electrons. The number of ether oxygens (including phenoxy) is 1. The molecule has 7 heteroatoms. The third kappa shape index (κ3) is 4.10. The van der Waals surface area contributed by atoms with Gasteiger partial charge in [-0.3, -0.25) is 4.79 Å². The number of hydrogen-bond donors (Lipinski definition) is 1. The zero-order valence-electron chi connectivity index (χ0n) is 15.1. The number of nitrogens with one attached hydrogen (secondary N) is 1. The van der Waals surface area contributed by atoms with Gasteiger partial charge in [0.05, 0.1) is 23.5 Å². The van der Waals surface area contributed by atoms with Crippen molar-refractivity contribution in [3.05, 3.63) is 24.3 Å². The molecular formula is C19H24N4O2S. The maximum Gasteiger partial charge on any atom is 0.233 e. The number of morpholine rings is 1. The van der Waals surface area contributed by atoms with Crippen LogP contribution in [0.15, 0.2) is 29.4 Å². The summed E-state index contributed by atoms with van der Waals surface area (Å²) in [5, 5.41) is 5.17. The van der Waals surface area contributed by atoms with Crippen LogP contribution in [0.3, 0.4) is 0 Å². The second kappa shape index (κ2) is 7.40. The molecule has 2 aliphatic rings. The third-order valence-corrected chi connectivity index (χ3v) is 5.43. The highest BCUT2D eigenvalue weighted by Crippen LogP contribution is 2.29. The van der Waals surface area contributed by atoms with E-state index in [-0.39, 0.29) is 18.1 Å². The monoisotopic (exact) mass is 372 g/mol. The first-order valence-corrected chi connectivity index (χ1v) is 10.2. The summed E-state index contributed by atoms with van der Waals surface area (Å²) in [7, 11) is 0. The molecule has 2 aromatic rings. The molecule has 1 aromatic carbocycles. The number of benzene rings is 1. The highest BCUT2D eigenvalue weighted by molar-refractivity contribution is 7.99. The Morgan fingerprint density at radius 2 is 1.96 bits per heavy atom. The van der Waals surface area contributed by atoms with Gasteiger partial charge in [-0.1, -0.05) is 23.9 Å². The number of rotatable bonds is 5. The lowest BCUT2D eigenvalue weighted by molar-refractivity contribution is -0.140. The van der Waals surface area contributed by atoms with Crippen LogP contribution in [0.2, 0.25) is 0 Å². The molecule has 26 heavy (non-hydrogen) atoms. The second-order valence-corrected chi connectivity index (χ2v) is 8.08. The van der Waals surface area contributed by atoms with Crippen molar-refractivity contribution in [2.24, 2.45) is 0 Å². The molecule has 1 aliphatic carbocycles. The van der Waals surface area contributed by atoms with Crippen LogP contribution in [0.1, 0.15) is 26.7 Å². The molecule has 1 saturated heterocycles. The largest absolute Gasteiger partial charge is 0.372 e. The summed E-state index contributed by atoms with van der Waals surface area (Å²) in [6, 6.07) is 8.53. The van der Waals surface area contributed by atoms with Crippen molar-refractivity contribution in [1.29, 1.82) is 0 Å². The zero-order valence-corrected chi connectivity index (χ0v) is 16.0. The Bertz CT molecular complexity index is 801. The molecule has 1 amide bonds. The van der Waals surface area contributed by atoms with Crippen molar-refractivity contribution in [1.82, 2.24) is 14.9 Å². The number of carbonyl (C=O) groups excluding carboxylic acids is 1. The molecule has 0 bridgehead atoms. The minimum Gasteiger partial charge on any atom is -0.372 e. The van der Waals surface area contributed by atoms with Crippen LogP contribution < -0.4 is 5.32 Å². The lowest BCUT2D eigenvalue weighted by Crippen LogP contribution is -2.48. The van der Waals surface area contributed by atoms with Crippen LogP contribution in [0, 0.1) is 0 Å². The van der Waals surface area contributed by atoms with Crippen molar-refractivity contribution in [2.75, 3.05) is 24.2 Å². The van der Waals surface area contributed by atoms with Crippen molar-refractivity contribution >= 4 is 34.4 Å². The normalized spacial score (nSPS) is 23.2. The van der Waals surface area contributed by atoms with Gasteiger partial charge in [-0.25, -0.2) is 9.97 Å². The first-order chi connectivity index (χ1) is 12.6. The topological polar surface area (TPSA) is 67.4 Å². The summed E-state index contributed by atoms with van der Waals surface area (Å²) in [4.78, 5) is 23.8. The summed E-state index contributed by atoms with van der Waals surface area (Å²) in [5.41, 5.74) is 0.911. The zero-order chi connectivity index (χ0) is 18.1. The standard InChI is InChI=1S/C19H24N4O2S/c1-12-9-23(10-13(2)25-12)17(24)11-26-19-21-16-6-4-3-5-15(16)18(22-19)20-14-7-8-14/h3-6,12-14H,7-11H2,1-2H3,(H,20,21,22)/t12-,13-/m0/s1. The fourth-order valence-electron chi connectivity index (χ4n) is 3.25. The molecule has 6 nitrogen and oxygen atoms in total. The van der Waals surface area contributed by atoms with E-state index in [1.807, 2.05) is 43.0 Å². The molecule has 138 valence electrons. The molecule has 2 fully saturated rings. The number of para-hydroxylation sites is 1. The lowest BCUT2D eigenvalue weighted by atomic mass is 10.2. The molecule has 2 heterocycles. The smallest absolute Gasteiger partial charge is 0.233 e. The molecule has 4 rings (SSSR count). The van der Waals surface area contributed by atoms with Crippen molar-refractivity contribution < 1.29 is 9.53 Å².